The number of hydrogen-bond acceptors (Lipinski definition) is 2. The molecule has 3 rings (SSSR count). The van der Waals surface area contributed by atoms with Gasteiger partial charge in [-0.25, -0.2) is 0 Å². The summed E-state index contributed by atoms with van der Waals surface area (Å²) in [5.74, 6) is 0.266. The highest BCUT2D eigenvalue weighted by atomic mass is 79.9. The summed E-state index contributed by atoms with van der Waals surface area (Å²) in [6.45, 7) is 0. The SMILES string of the molecule is O=C1c2ccccc2CC12CC[C@H](O)C[C@H]2Br. The van der Waals surface area contributed by atoms with Crippen molar-refractivity contribution in [1.82, 2.24) is 0 Å². The quantitative estimate of drug-likeness (QED) is 0.747. The molecular weight excluding hydrogens is 280 g/mol. The van der Waals surface area contributed by atoms with Crippen molar-refractivity contribution in [1.29, 1.82) is 0 Å². The minimum Gasteiger partial charge on any atom is -0.393 e. The van der Waals surface area contributed by atoms with Crippen LogP contribution in [-0.2, 0) is 6.42 Å². The predicted octanol–water partition coefficient (Wildman–Crippen LogP) is 2.72. The Kier molecular flexibility index (Phi) is 2.64. The van der Waals surface area contributed by atoms with Crippen LogP contribution in [0.15, 0.2) is 24.3 Å². The maximum Gasteiger partial charge on any atom is 0.170 e. The number of carbonyl (C=O) groups excluding carboxylic acids is 1. The van der Waals surface area contributed by atoms with E-state index in [0.29, 0.717) is 6.42 Å². The van der Waals surface area contributed by atoms with Gasteiger partial charge >= 0.3 is 0 Å². The number of alkyl halides is 1. The molecule has 0 bridgehead atoms. The summed E-state index contributed by atoms with van der Waals surface area (Å²) < 4.78 is 0. The second-order valence-electron chi connectivity index (χ2n) is 5.21. The van der Waals surface area contributed by atoms with Crippen molar-refractivity contribution in [3.05, 3.63) is 35.4 Å². The van der Waals surface area contributed by atoms with E-state index in [-0.39, 0.29) is 22.1 Å². The van der Waals surface area contributed by atoms with E-state index in [4.69, 9.17) is 0 Å². The topological polar surface area (TPSA) is 37.3 Å². The van der Waals surface area contributed by atoms with E-state index in [1.165, 1.54) is 5.56 Å². The molecule has 0 radical (unpaired) electrons. The Balaban J connectivity index is 2.00. The summed E-state index contributed by atoms with van der Waals surface area (Å²) in [7, 11) is 0. The zero-order valence-corrected chi connectivity index (χ0v) is 11.1. The van der Waals surface area contributed by atoms with Crippen LogP contribution in [-0.4, -0.2) is 21.8 Å². The lowest BCUT2D eigenvalue weighted by molar-refractivity contribution is 0.0557. The first-order chi connectivity index (χ1) is 8.13. The van der Waals surface area contributed by atoms with Crippen molar-refractivity contribution >= 4 is 21.7 Å². The van der Waals surface area contributed by atoms with Crippen molar-refractivity contribution in [2.75, 3.05) is 0 Å². The smallest absolute Gasteiger partial charge is 0.170 e. The minimum atomic E-state index is -0.303. The zero-order chi connectivity index (χ0) is 12.0. The summed E-state index contributed by atoms with van der Waals surface area (Å²) in [6.07, 6.45) is 2.77. The van der Waals surface area contributed by atoms with Gasteiger partial charge < -0.3 is 5.11 Å². The molecule has 90 valence electrons. The van der Waals surface area contributed by atoms with E-state index in [1.54, 1.807) is 0 Å². The molecule has 1 spiro atoms. The molecule has 1 aromatic carbocycles. The Hall–Kier alpha value is -0.670. The Labute approximate surface area is 109 Å². The minimum absolute atomic E-state index is 0.0960. The van der Waals surface area contributed by atoms with Gasteiger partial charge in [0.2, 0.25) is 0 Å². The number of halogens is 1. The van der Waals surface area contributed by atoms with Crippen LogP contribution >= 0.6 is 15.9 Å². The van der Waals surface area contributed by atoms with Gasteiger partial charge in [-0.2, -0.15) is 0 Å². The van der Waals surface area contributed by atoms with E-state index in [2.05, 4.69) is 15.9 Å². The summed E-state index contributed by atoms with van der Waals surface area (Å²) >= 11 is 3.63. The first kappa shape index (κ1) is 11.4. The Morgan fingerprint density at radius 3 is 2.82 bits per heavy atom. The number of aliphatic hydroxyl groups is 1. The summed E-state index contributed by atoms with van der Waals surface area (Å²) in [5.41, 5.74) is 1.75. The molecule has 1 saturated carbocycles. The van der Waals surface area contributed by atoms with E-state index in [0.717, 1.165) is 24.8 Å². The molecule has 0 heterocycles. The van der Waals surface area contributed by atoms with E-state index >= 15 is 0 Å². The molecule has 17 heavy (non-hydrogen) atoms. The molecule has 3 atom stereocenters. The molecular formula is C14H15BrO2. The van der Waals surface area contributed by atoms with Gasteiger partial charge in [-0.05, 0) is 31.2 Å². The Morgan fingerprint density at radius 1 is 1.35 bits per heavy atom. The second kappa shape index (κ2) is 3.92. The summed E-state index contributed by atoms with van der Waals surface area (Å²) in [4.78, 5) is 12.7. The second-order valence-corrected chi connectivity index (χ2v) is 6.32. The predicted molar refractivity (Wildman–Crippen MR) is 69.5 cm³/mol. The number of carbonyl (C=O) groups is 1. The number of rotatable bonds is 0. The van der Waals surface area contributed by atoms with Crippen molar-refractivity contribution in [2.45, 2.75) is 36.6 Å². The molecule has 2 nitrogen and oxygen atoms in total. The standard InChI is InChI=1S/C14H15BrO2/c15-12-7-10(16)5-6-14(12)8-9-3-1-2-4-11(9)13(14)17/h1-4,10,12,16H,5-8H2/t10-,12+,14?/m0/s1. The monoisotopic (exact) mass is 294 g/mol. The van der Waals surface area contributed by atoms with Crippen LogP contribution in [0.4, 0.5) is 0 Å². The Bertz CT molecular complexity index is 471. The molecule has 2 aliphatic carbocycles. The number of ketones is 1. The van der Waals surface area contributed by atoms with E-state index in [1.807, 2.05) is 24.3 Å². The lowest BCUT2D eigenvalue weighted by Gasteiger charge is -2.38. The average Bonchev–Trinajstić information content (AvgIpc) is 2.60. The molecule has 0 amide bonds. The molecule has 2 aliphatic rings. The van der Waals surface area contributed by atoms with Crippen LogP contribution < -0.4 is 0 Å². The van der Waals surface area contributed by atoms with Gasteiger partial charge in [-0.3, -0.25) is 4.79 Å². The van der Waals surface area contributed by atoms with Crippen LogP contribution in [0, 0.1) is 5.41 Å². The third kappa shape index (κ3) is 1.59. The molecule has 1 aromatic rings. The number of Topliss-reactive ketones (excluding diaryl/α,β-unsaturated/α-hetero) is 1. The number of aliphatic hydroxyl groups excluding tert-OH is 1. The van der Waals surface area contributed by atoms with Gasteiger partial charge in [0, 0.05) is 10.4 Å². The number of benzene rings is 1. The lowest BCUT2D eigenvalue weighted by Crippen LogP contribution is -2.43. The van der Waals surface area contributed by atoms with Crippen LogP contribution in [0.5, 0.6) is 0 Å². The van der Waals surface area contributed by atoms with E-state index < -0.39 is 0 Å². The fourth-order valence-electron chi connectivity index (χ4n) is 3.20. The van der Waals surface area contributed by atoms with Gasteiger partial charge in [-0.15, -0.1) is 0 Å². The van der Waals surface area contributed by atoms with Crippen LogP contribution in [0.3, 0.4) is 0 Å². The summed E-state index contributed by atoms with van der Waals surface area (Å²) in [6, 6.07) is 7.90. The highest BCUT2D eigenvalue weighted by Crippen LogP contribution is 2.50. The van der Waals surface area contributed by atoms with Gasteiger partial charge in [0.25, 0.3) is 0 Å². The molecule has 1 fully saturated rings. The highest BCUT2D eigenvalue weighted by molar-refractivity contribution is 9.09. The van der Waals surface area contributed by atoms with Crippen molar-refractivity contribution in [3.8, 4) is 0 Å². The maximum absolute atomic E-state index is 12.6. The zero-order valence-electron chi connectivity index (χ0n) is 9.53. The van der Waals surface area contributed by atoms with Crippen molar-refractivity contribution in [3.63, 3.8) is 0 Å². The maximum atomic E-state index is 12.6. The van der Waals surface area contributed by atoms with Gasteiger partial charge in [0.1, 0.15) is 0 Å². The molecule has 1 unspecified atom stereocenters. The van der Waals surface area contributed by atoms with Gasteiger partial charge in [-0.1, -0.05) is 40.2 Å². The highest BCUT2D eigenvalue weighted by Gasteiger charge is 2.52. The first-order valence-electron chi connectivity index (χ1n) is 6.08. The fourth-order valence-corrected chi connectivity index (χ4v) is 4.23. The van der Waals surface area contributed by atoms with Crippen LogP contribution in [0.1, 0.15) is 35.2 Å². The molecule has 1 N–H and O–H groups in total. The normalized spacial score (nSPS) is 36.2. The lowest BCUT2D eigenvalue weighted by atomic mass is 9.70. The summed E-state index contributed by atoms with van der Waals surface area (Å²) in [5, 5.41) is 9.69. The molecule has 0 aromatic heterocycles. The van der Waals surface area contributed by atoms with Gasteiger partial charge in [0.15, 0.2) is 5.78 Å². The van der Waals surface area contributed by atoms with Crippen molar-refractivity contribution in [2.24, 2.45) is 5.41 Å². The van der Waals surface area contributed by atoms with Gasteiger partial charge in [0.05, 0.1) is 11.5 Å². The molecule has 0 aliphatic heterocycles. The number of hydrogen-bond donors (Lipinski definition) is 1. The first-order valence-corrected chi connectivity index (χ1v) is 7.00. The number of fused-ring (bicyclic) bond motifs is 1. The largest absolute Gasteiger partial charge is 0.393 e. The van der Waals surface area contributed by atoms with Crippen LogP contribution in [0.25, 0.3) is 0 Å². The molecule has 0 saturated heterocycles. The Morgan fingerprint density at radius 2 is 2.12 bits per heavy atom. The third-order valence-electron chi connectivity index (χ3n) is 4.22. The molecule has 3 heteroatoms. The average molecular weight is 295 g/mol. The third-order valence-corrected chi connectivity index (χ3v) is 5.47. The van der Waals surface area contributed by atoms with E-state index in [9.17, 15) is 9.90 Å². The van der Waals surface area contributed by atoms with Crippen LogP contribution in [0.2, 0.25) is 0 Å². The fraction of sp³-hybridized carbons (Fsp3) is 0.500. The van der Waals surface area contributed by atoms with Crippen molar-refractivity contribution < 1.29 is 9.90 Å².